The van der Waals surface area contributed by atoms with E-state index in [0.29, 0.717) is 0 Å². The Morgan fingerprint density at radius 1 is 1.06 bits per heavy atom. The van der Waals surface area contributed by atoms with Gasteiger partial charge in [-0.05, 0) is 54.3 Å². The number of hydrogen-bond donors (Lipinski definition) is 1. The monoisotopic (exact) mass is 448 g/mol. The van der Waals surface area contributed by atoms with Crippen molar-refractivity contribution >= 4 is 16.9 Å². The Morgan fingerprint density at radius 2 is 2.00 bits per heavy atom. The van der Waals surface area contributed by atoms with Crippen molar-refractivity contribution in [1.29, 1.82) is 0 Å². The van der Waals surface area contributed by atoms with Crippen LogP contribution in [0.2, 0.25) is 0 Å². The number of ether oxygens (including phenoxy) is 1. The summed E-state index contributed by atoms with van der Waals surface area (Å²) >= 11 is 0. The van der Waals surface area contributed by atoms with Gasteiger partial charge in [0.25, 0.3) is 0 Å². The molecule has 5 aromatic rings. The van der Waals surface area contributed by atoms with Crippen LogP contribution in [-0.4, -0.2) is 37.7 Å². The lowest BCUT2D eigenvalue weighted by atomic mass is 9.91. The summed E-state index contributed by atoms with van der Waals surface area (Å²) in [6, 6.07) is 17.1. The summed E-state index contributed by atoms with van der Waals surface area (Å²) in [6.07, 6.45) is 7.49. The number of fused-ring (bicyclic) bond motifs is 4. The first-order valence-corrected chi connectivity index (χ1v) is 11.7. The summed E-state index contributed by atoms with van der Waals surface area (Å²) in [5.41, 5.74) is 7.23. The summed E-state index contributed by atoms with van der Waals surface area (Å²) in [7, 11) is 0. The lowest BCUT2D eigenvalue weighted by Gasteiger charge is -2.36. The number of nitrogens with zero attached hydrogens (tertiary/aromatic N) is 5. The molecule has 7 heteroatoms. The molecule has 0 saturated carbocycles. The zero-order valence-electron chi connectivity index (χ0n) is 18.9. The topological polar surface area (TPSA) is 71.9 Å². The van der Waals surface area contributed by atoms with Crippen LogP contribution >= 0.6 is 0 Å². The molecule has 2 aliphatic heterocycles. The van der Waals surface area contributed by atoms with Crippen molar-refractivity contribution in [2.45, 2.75) is 25.8 Å². The molecule has 0 spiro atoms. The normalized spacial score (nSPS) is 17.0. The van der Waals surface area contributed by atoms with Crippen molar-refractivity contribution in [3.8, 4) is 11.6 Å². The van der Waals surface area contributed by atoms with Crippen molar-refractivity contribution < 1.29 is 4.74 Å². The molecule has 0 bridgehead atoms. The van der Waals surface area contributed by atoms with E-state index in [-0.39, 0.29) is 6.04 Å². The van der Waals surface area contributed by atoms with E-state index in [0.717, 1.165) is 49.2 Å². The molecule has 1 unspecified atom stereocenters. The minimum atomic E-state index is -0.0122. The van der Waals surface area contributed by atoms with Crippen LogP contribution in [0.4, 0.5) is 5.95 Å². The number of nitrogens with one attached hydrogen (secondary N) is 1. The van der Waals surface area contributed by atoms with Crippen LogP contribution in [0.3, 0.4) is 0 Å². The van der Waals surface area contributed by atoms with Gasteiger partial charge < -0.3 is 14.6 Å². The largest absolute Gasteiger partial charge is 0.493 e. The number of para-hydroxylation sites is 1. The van der Waals surface area contributed by atoms with E-state index < -0.39 is 0 Å². The Labute approximate surface area is 197 Å². The second-order valence-corrected chi connectivity index (χ2v) is 9.01. The van der Waals surface area contributed by atoms with Crippen molar-refractivity contribution in [3.05, 3.63) is 95.3 Å². The molecule has 34 heavy (non-hydrogen) atoms. The highest BCUT2D eigenvalue weighted by Gasteiger charge is 2.34. The maximum absolute atomic E-state index is 5.78. The molecule has 168 valence electrons. The molecule has 1 atom stereocenters. The molecule has 0 amide bonds. The molecule has 1 N–H and O–H groups in total. The molecule has 2 aromatic carbocycles. The van der Waals surface area contributed by atoms with Crippen LogP contribution in [-0.2, 0) is 12.8 Å². The fourth-order valence-electron chi connectivity index (χ4n) is 5.35. The third-order valence-corrected chi connectivity index (χ3v) is 6.92. The third kappa shape index (κ3) is 3.00. The van der Waals surface area contributed by atoms with Crippen LogP contribution < -0.4 is 9.64 Å². The zero-order chi connectivity index (χ0) is 22.6. The van der Waals surface area contributed by atoms with Crippen molar-refractivity contribution in [3.63, 3.8) is 0 Å². The Hall–Kier alpha value is -4.13. The van der Waals surface area contributed by atoms with E-state index in [4.69, 9.17) is 14.7 Å². The Balaban J connectivity index is 1.39. The van der Waals surface area contributed by atoms with Gasteiger partial charge in [-0.2, -0.15) is 4.98 Å². The van der Waals surface area contributed by atoms with Crippen LogP contribution in [0.5, 0.6) is 5.75 Å². The fraction of sp³-hybridized carbons (Fsp3) is 0.222. The van der Waals surface area contributed by atoms with Gasteiger partial charge in [-0.3, -0.25) is 4.57 Å². The molecule has 0 aliphatic carbocycles. The van der Waals surface area contributed by atoms with E-state index in [1.54, 1.807) is 6.33 Å². The van der Waals surface area contributed by atoms with Gasteiger partial charge in [-0.15, -0.1) is 0 Å². The lowest BCUT2D eigenvalue weighted by Crippen LogP contribution is -2.37. The number of H-pyrrole nitrogens is 1. The summed E-state index contributed by atoms with van der Waals surface area (Å²) in [4.78, 5) is 20.1. The van der Waals surface area contributed by atoms with Crippen LogP contribution in [0.1, 0.15) is 34.1 Å². The molecular weight excluding hydrogens is 424 g/mol. The predicted octanol–water partition coefficient (Wildman–Crippen LogP) is 4.54. The van der Waals surface area contributed by atoms with Gasteiger partial charge in [0, 0.05) is 42.0 Å². The average Bonchev–Trinajstić information content (AvgIpc) is 3.61. The first-order chi connectivity index (χ1) is 16.7. The third-order valence-electron chi connectivity index (χ3n) is 6.92. The van der Waals surface area contributed by atoms with E-state index in [1.807, 2.05) is 30.0 Å². The predicted molar refractivity (Wildman–Crippen MR) is 131 cm³/mol. The van der Waals surface area contributed by atoms with Crippen LogP contribution in [0, 0.1) is 6.92 Å². The van der Waals surface area contributed by atoms with Crippen LogP contribution in [0.25, 0.3) is 16.7 Å². The molecule has 7 nitrogen and oxygen atoms in total. The molecule has 0 fully saturated rings. The minimum absolute atomic E-state index is 0.0122. The summed E-state index contributed by atoms with van der Waals surface area (Å²) in [5, 5.41) is 1.30. The second kappa shape index (κ2) is 7.45. The molecule has 0 saturated heterocycles. The highest BCUT2D eigenvalue weighted by Crippen LogP contribution is 2.41. The van der Waals surface area contributed by atoms with Gasteiger partial charge in [0.2, 0.25) is 5.95 Å². The van der Waals surface area contributed by atoms with Gasteiger partial charge in [-0.1, -0.05) is 24.3 Å². The zero-order valence-corrected chi connectivity index (χ0v) is 18.9. The minimum Gasteiger partial charge on any atom is -0.493 e. The molecule has 5 heterocycles. The smallest absolute Gasteiger partial charge is 0.228 e. The van der Waals surface area contributed by atoms with Crippen molar-refractivity contribution in [2.75, 3.05) is 18.1 Å². The highest BCUT2D eigenvalue weighted by atomic mass is 16.5. The van der Waals surface area contributed by atoms with Gasteiger partial charge in [0.1, 0.15) is 17.9 Å². The maximum atomic E-state index is 5.78. The molecule has 7 rings (SSSR count). The maximum Gasteiger partial charge on any atom is 0.228 e. The average molecular weight is 449 g/mol. The van der Waals surface area contributed by atoms with E-state index in [2.05, 4.69) is 57.3 Å². The number of aryl methyl sites for hydroxylation is 1. The number of aromatic nitrogens is 5. The molecule has 3 aromatic heterocycles. The summed E-state index contributed by atoms with van der Waals surface area (Å²) < 4.78 is 7.73. The number of imidazole rings is 1. The molecule has 0 radical (unpaired) electrons. The Kier molecular flexibility index (Phi) is 4.24. The molecule has 2 aliphatic rings. The fourth-order valence-corrected chi connectivity index (χ4v) is 5.35. The van der Waals surface area contributed by atoms with E-state index in [9.17, 15) is 0 Å². The van der Waals surface area contributed by atoms with Gasteiger partial charge >= 0.3 is 0 Å². The number of anilines is 1. The van der Waals surface area contributed by atoms with Gasteiger partial charge in [0.15, 0.2) is 0 Å². The molecular formula is C27H24N6O. The van der Waals surface area contributed by atoms with E-state index in [1.165, 1.54) is 33.3 Å². The second-order valence-electron chi connectivity index (χ2n) is 9.01. The standard InChI is InChI=1S/C27H24N6O/c1-17-15-32(16-29-17)24-8-11-28-27(31-24)33-12-9-21-20-4-2-3-5-22(20)30-25(21)26(33)19-6-7-23-18(14-19)10-13-34-23/h2-8,11,14-16,26,30H,9-10,12-13H2,1H3. The van der Waals surface area contributed by atoms with E-state index >= 15 is 0 Å². The van der Waals surface area contributed by atoms with Gasteiger partial charge in [-0.25, -0.2) is 9.97 Å². The number of aromatic amines is 1. The number of rotatable bonds is 3. The first-order valence-electron chi connectivity index (χ1n) is 11.7. The SMILES string of the molecule is Cc1cn(-c2ccnc(N3CCc4c([nH]c5ccccc45)C3c3ccc4c(c3)CCO4)n2)cn1. The van der Waals surface area contributed by atoms with Crippen molar-refractivity contribution in [2.24, 2.45) is 0 Å². The quantitative estimate of drug-likeness (QED) is 0.439. The first kappa shape index (κ1) is 19.3. The Bertz CT molecular complexity index is 1530. The summed E-state index contributed by atoms with van der Waals surface area (Å²) in [6.45, 7) is 3.56. The van der Waals surface area contributed by atoms with Crippen molar-refractivity contribution in [1.82, 2.24) is 24.5 Å². The van der Waals surface area contributed by atoms with Crippen LogP contribution in [0.15, 0.2) is 67.3 Å². The lowest BCUT2D eigenvalue weighted by molar-refractivity contribution is 0.357. The number of hydrogen-bond acceptors (Lipinski definition) is 5. The van der Waals surface area contributed by atoms with Gasteiger partial charge in [0.05, 0.1) is 18.3 Å². The highest BCUT2D eigenvalue weighted by molar-refractivity contribution is 5.85. The number of benzene rings is 2. The Morgan fingerprint density at radius 3 is 2.91 bits per heavy atom. The summed E-state index contributed by atoms with van der Waals surface area (Å²) in [5.74, 6) is 2.53.